The monoisotopic (exact) mass is 225 g/mol. The summed E-state index contributed by atoms with van der Waals surface area (Å²) < 4.78 is 0. The summed E-state index contributed by atoms with van der Waals surface area (Å²) in [5, 5.41) is 3.47. The van der Waals surface area contributed by atoms with E-state index in [0.29, 0.717) is 6.04 Å². The van der Waals surface area contributed by atoms with Crippen molar-refractivity contribution in [1.29, 1.82) is 0 Å². The minimum absolute atomic E-state index is 0.458. The SMILES string of the molecule is CC1NCCc2cc(-c3cncnc3)ccc21. The van der Waals surface area contributed by atoms with E-state index in [4.69, 9.17) is 0 Å². The van der Waals surface area contributed by atoms with E-state index in [1.54, 1.807) is 6.33 Å². The fraction of sp³-hybridized carbons (Fsp3) is 0.286. The van der Waals surface area contributed by atoms with Gasteiger partial charge in [-0.15, -0.1) is 0 Å². The van der Waals surface area contributed by atoms with Gasteiger partial charge in [0, 0.05) is 24.0 Å². The number of aromatic nitrogens is 2. The second-order valence-corrected chi connectivity index (χ2v) is 4.47. The van der Waals surface area contributed by atoms with Crippen LogP contribution in [0.25, 0.3) is 11.1 Å². The lowest BCUT2D eigenvalue weighted by Gasteiger charge is -2.24. The molecule has 1 unspecified atom stereocenters. The van der Waals surface area contributed by atoms with Crippen LogP contribution in [0.5, 0.6) is 0 Å². The van der Waals surface area contributed by atoms with Crippen LogP contribution < -0.4 is 5.32 Å². The lowest BCUT2D eigenvalue weighted by molar-refractivity contribution is 0.541. The Labute approximate surface area is 101 Å². The smallest absolute Gasteiger partial charge is 0.115 e. The van der Waals surface area contributed by atoms with Crippen molar-refractivity contribution in [1.82, 2.24) is 15.3 Å². The van der Waals surface area contributed by atoms with Gasteiger partial charge in [-0.2, -0.15) is 0 Å². The summed E-state index contributed by atoms with van der Waals surface area (Å²) in [6, 6.07) is 7.10. The highest BCUT2D eigenvalue weighted by molar-refractivity contribution is 5.63. The van der Waals surface area contributed by atoms with Crippen molar-refractivity contribution in [2.45, 2.75) is 19.4 Å². The third-order valence-corrected chi connectivity index (χ3v) is 3.35. The van der Waals surface area contributed by atoms with Gasteiger partial charge in [-0.1, -0.05) is 18.2 Å². The molecule has 1 aliphatic rings. The molecular weight excluding hydrogens is 210 g/mol. The van der Waals surface area contributed by atoms with E-state index in [2.05, 4.69) is 40.4 Å². The van der Waals surface area contributed by atoms with Crippen molar-refractivity contribution in [3.8, 4) is 11.1 Å². The number of rotatable bonds is 1. The summed E-state index contributed by atoms with van der Waals surface area (Å²) in [7, 11) is 0. The zero-order chi connectivity index (χ0) is 11.7. The molecule has 2 heterocycles. The predicted octanol–water partition coefficient (Wildman–Crippen LogP) is 2.35. The molecule has 3 nitrogen and oxygen atoms in total. The van der Waals surface area contributed by atoms with Crippen LogP contribution in [0.15, 0.2) is 36.9 Å². The van der Waals surface area contributed by atoms with Crippen LogP contribution in [-0.2, 0) is 6.42 Å². The highest BCUT2D eigenvalue weighted by Crippen LogP contribution is 2.27. The third-order valence-electron chi connectivity index (χ3n) is 3.35. The van der Waals surface area contributed by atoms with Crippen LogP contribution in [0.4, 0.5) is 0 Å². The molecule has 3 heteroatoms. The molecule has 1 atom stereocenters. The van der Waals surface area contributed by atoms with Crippen LogP contribution in [0.3, 0.4) is 0 Å². The maximum Gasteiger partial charge on any atom is 0.115 e. The summed E-state index contributed by atoms with van der Waals surface area (Å²) in [5.74, 6) is 0. The normalized spacial score (nSPS) is 18.8. The number of nitrogens with one attached hydrogen (secondary N) is 1. The molecule has 1 N–H and O–H groups in total. The van der Waals surface area contributed by atoms with Crippen molar-refractivity contribution >= 4 is 0 Å². The highest BCUT2D eigenvalue weighted by atomic mass is 14.9. The van der Waals surface area contributed by atoms with E-state index in [-0.39, 0.29) is 0 Å². The maximum atomic E-state index is 4.06. The van der Waals surface area contributed by atoms with Crippen molar-refractivity contribution in [2.75, 3.05) is 6.54 Å². The molecule has 0 aliphatic carbocycles. The Balaban J connectivity index is 2.04. The maximum absolute atomic E-state index is 4.06. The Bertz CT molecular complexity index is 522. The van der Waals surface area contributed by atoms with Gasteiger partial charge in [-0.3, -0.25) is 0 Å². The molecule has 0 amide bonds. The molecule has 1 aromatic heterocycles. The first-order valence-electron chi connectivity index (χ1n) is 5.96. The van der Waals surface area contributed by atoms with E-state index in [1.165, 1.54) is 16.7 Å². The second kappa shape index (κ2) is 4.26. The molecule has 17 heavy (non-hydrogen) atoms. The Morgan fingerprint density at radius 1 is 1.18 bits per heavy atom. The Morgan fingerprint density at radius 2 is 2.00 bits per heavy atom. The first-order valence-corrected chi connectivity index (χ1v) is 5.96. The summed E-state index contributed by atoms with van der Waals surface area (Å²) in [6.45, 7) is 3.27. The molecule has 86 valence electrons. The molecular formula is C14H15N3. The van der Waals surface area contributed by atoms with Gasteiger partial charge >= 0.3 is 0 Å². The molecule has 0 spiro atoms. The van der Waals surface area contributed by atoms with Crippen molar-refractivity contribution in [3.05, 3.63) is 48.0 Å². The third kappa shape index (κ3) is 1.94. The average molecular weight is 225 g/mol. The van der Waals surface area contributed by atoms with Crippen LogP contribution in [-0.4, -0.2) is 16.5 Å². The zero-order valence-corrected chi connectivity index (χ0v) is 9.85. The lowest BCUT2D eigenvalue weighted by Crippen LogP contribution is -2.27. The molecule has 0 saturated carbocycles. The van der Waals surface area contributed by atoms with Crippen molar-refractivity contribution in [3.63, 3.8) is 0 Å². The summed E-state index contributed by atoms with van der Waals surface area (Å²) in [4.78, 5) is 8.13. The predicted molar refractivity (Wildman–Crippen MR) is 67.6 cm³/mol. The minimum Gasteiger partial charge on any atom is -0.310 e. The number of benzene rings is 1. The Morgan fingerprint density at radius 3 is 2.82 bits per heavy atom. The zero-order valence-electron chi connectivity index (χ0n) is 9.85. The van der Waals surface area contributed by atoms with Gasteiger partial charge in [-0.25, -0.2) is 9.97 Å². The summed E-state index contributed by atoms with van der Waals surface area (Å²) >= 11 is 0. The van der Waals surface area contributed by atoms with Gasteiger partial charge in [0.25, 0.3) is 0 Å². The number of nitrogens with zero attached hydrogens (tertiary/aromatic N) is 2. The van der Waals surface area contributed by atoms with Crippen LogP contribution in [0, 0.1) is 0 Å². The largest absolute Gasteiger partial charge is 0.310 e. The van der Waals surface area contributed by atoms with E-state index in [1.807, 2.05) is 12.4 Å². The van der Waals surface area contributed by atoms with E-state index >= 15 is 0 Å². The Kier molecular flexibility index (Phi) is 2.61. The lowest BCUT2D eigenvalue weighted by atomic mass is 9.92. The summed E-state index contributed by atoms with van der Waals surface area (Å²) in [6.07, 6.45) is 6.38. The van der Waals surface area contributed by atoms with Gasteiger partial charge in [0.2, 0.25) is 0 Å². The van der Waals surface area contributed by atoms with Gasteiger partial charge < -0.3 is 5.32 Å². The molecule has 0 saturated heterocycles. The number of hydrogen-bond donors (Lipinski definition) is 1. The van der Waals surface area contributed by atoms with E-state index < -0.39 is 0 Å². The first-order chi connectivity index (χ1) is 8.34. The van der Waals surface area contributed by atoms with Gasteiger partial charge in [0.1, 0.15) is 6.33 Å². The summed E-state index contributed by atoms with van der Waals surface area (Å²) in [5.41, 5.74) is 5.15. The van der Waals surface area contributed by atoms with Crippen LogP contribution in [0.2, 0.25) is 0 Å². The standard InChI is InChI=1S/C14H15N3/c1-10-14-3-2-11(6-12(14)4-5-17-10)13-7-15-9-16-8-13/h2-3,6-10,17H,4-5H2,1H3. The van der Waals surface area contributed by atoms with Crippen LogP contribution in [0.1, 0.15) is 24.1 Å². The fourth-order valence-electron chi connectivity index (χ4n) is 2.41. The topological polar surface area (TPSA) is 37.8 Å². The molecule has 0 bridgehead atoms. The Hall–Kier alpha value is -1.74. The second-order valence-electron chi connectivity index (χ2n) is 4.47. The number of fused-ring (bicyclic) bond motifs is 1. The van der Waals surface area contributed by atoms with Gasteiger partial charge in [0.15, 0.2) is 0 Å². The molecule has 3 rings (SSSR count). The van der Waals surface area contributed by atoms with Gasteiger partial charge in [-0.05, 0) is 36.6 Å². The van der Waals surface area contributed by atoms with Crippen LogP contribution >= 0.6 is 0 Å². The molecule has 1 aromatic carbocycles. The van der Waals surface area contributed by atoms with E-state index in [0.717, 1.165) is 18.5 Å². The molecule has 0 fully saturated rings. The molecule has 1 aliphatic heterocycles. The fourth-order valence-corrected chi connectivity index (χ4v) is 2.41. The highest BCUT2D eigenvalue weighted by Gasteiger charge is 2.15. The van der Waals surface area contributed by atoms with Gasteiger partial charge in [0.05, 0.1) is 0 Å². The quantitative estimate of drug-likeness (QED) is 0.809. The van der Waals surface area contributed by atoms with Crippen molar-refractivity contribution < 1.29 is 0 Å². The minimum atomic E-state index is 0.458. The van der Waals surface area contributed by atoms with Crippen molar-refractivity contribution in [2.24, 2.45) is 0 Å². The molecule has 0 radical (unpaired) electrons. The first kappa shape index (κ1) is 10.4. The van der Waals surface area contributed by atoms with E-state index in [9.17, 15) is 0 Å². The average Bonchev–Trinajstić information content (AvgIpc) is 2.40. The number of hydrogen-bond acceptors (Lipinski definition) is 3. The molecule has 2 aromatic rings.